The highest BCUT2D eigenvalue weighted by atomic mass is 19.1. The Kier molecular flexibility index (Phi) is 3.56. The first-order valence-corrected chi connectivity index (χ1v) is 6.91. The van der Waals surface area contributed by atoms with E-state index in [1.165, 1.54) is 12.1 Å². The van der Waals surface area contributed by atoms with E-state index in [2.05, 4.69) is 4.98 Å². The number of hydrogen-bond donors (Lipinski definition) is 1. The van der Waals surface area contributed by atoms with Gasteiger partial charge in [0.1, 0.15) is 5.82 Å². The minimum absolute atomic E-state index is 0.0621. The van der Waals surface area contributed by atoms with E-state index in [4.69, 9.17) is 5.73 Å². The minimum atomic E-state index is -0.577. The molecular weight excluding hydrogens is 269 g/mol. The van der Waals surface area contributed by atoms with E-state index in [9.17, 15) is 9.18 Å². The minimum Gasteiger partial charge on any atom is -0.399 e. The fourth-order valence-electron chi connectivity index (χ4n) is 2.28. The van der Waals surface area contributed by atoms with Gasteiger partial charge in [-0.1, -0.05) is 6.07 Å². The number of amides is 1. The van der Waals surface area contributed by atoms with Crippen molar-refractivity contribution in [2.24, 2.45) is 0 Å². The van der Waals surface area contributed by atoms with Gasteiger partial charge in [0, 0.05) is 17.9 Å². The lowest BCUT2D eigenvalue weighted by atomic mass is 10.1. The Labute approximate surface area is 122 Å². The van der Waals surface area contributed by atoms with Crippen molar-refractivity contribution in [2.75, 3.05) is 5.73 Å². The summed E-state index contributed by atoms with van der Waals surface area (Å²) in [6.07, 6.45) is 3.60. The Morgan fingerprint density at radius 3 is 2.76 bits per heavy atom. The van der Waals surface area contributed by atoms with E-state index in [0.29, 0.717) is 12.2 Å². The summed E-state index contributed by atoms with van der Waals surface area (Å²) in [4.78, 5) is 18.5. The molecule has 0 radical (unpaired) electrons. The third-order valence-corrected chi connectivity index (χ3v) is 3.53. The largest absolute Gasteiger partial charge is 0.399 e. The molecule has 0 unspecified atom stereocenters. The second-order valence-electron chi connectivity index (χ2n) is 5.22. The van der Waals surface area contributed by atoms with Crippen molar-refractivity contribution in [3.05, 3.63) is 59.7 Å². The van der Waals surface area contributed by atoms with Crippen LogP contribution in [0.4, 0.5) is 10.1 Å². The number of benzene rings is 1. The number of nitrogens with zero attached hydrogens (tertiary/aromatic N) is 2. The van der Waals surface area contributed by atoms with Gasteiger partial charge in [0.05, 0.1) is 17.8 Å². The zero-order valence-corrected chi connectivity index (χ0v) is 11.5. The molecule has 0 spiro atoms. The average molecular weight is 285 g/mol. The molecule has 0 atom stereocenters. The zero-order valence-electron chi connectivity index (χ0n) is 11.5. The SMILES string of the molecule is Nc1ccc(C(=O)N(Cc2ccccn2)C2CC2)c(F)c1. The molecule has 0 bridgehead atoms. The fourth-order valence-corrected chi connectivity index (χ4v) is 2.28. The number of carbonyl (C=O) groups is 1. The summed E-state index contributed by atoms with van der Waals surface area (Å²) in [6, 6.07) is 9.91. The molecule has 0 aliphatic heterocycles. The molecule has 1 aromatic heterocycles. The lowest BCUT2D eigenvalue weighted by molar-refractivity contribution is 0.0723. The third kappa shape index (κ3) is 3.02. The van der Waals surface area contributed by atoms with Gasteiger partial charge >= 0.3 is 0 Å². The van der Waals surface area contributed by atoms with E-state index in [-0.39, 0.29) is 17.5 Å². The Morgan fingerprint density at radius 1 is 1.33 bits per heavy atom. The fraction of sp³-hybridized carbons (Fsp3) is 0.250. The summed E-state index contributed by atoms with van der Waals surface area (Å²) < 4.78 is 13.9. The summed E-state index contributed by atoms with van der Waals surface area (Å²) in [5.41, 5.74) is 6.70. The Hall–Kier alpha value is -2.43. The van der Waals surface area contributed by atoms with Crippen molar-refractivity contribution in [3.63, 3.8) is 0 Å². The molecule has 1 fully saturated rings. The second-order valence-corrected chi connectivity index (χ2v) is 5.22. The van der Waals surface area contributed by atoms with E-state index >= 15 is 0 Å². The zero-order chi connectivity index (χ0) is 14.8. The molecule has 2 aromatic rings. The number of nitrogens with two attached hydrogens (primary N) is 1. The Balaban J connectivity index is 1.85. The van der Waals surface area contributed by atoms with Gasteiger partial charge < -0.3 is 10.6 Å². The van der Waals surface area contributed by atoms with Gasteiger partial charge in [0.25, 0.3) is 5.91 Å². The third-order valence-electron chi connectivity index (χ3n) is 3.53. The molecule has 1 aromatic carbocycles. The monoisotopic (exact) mass is 285 g/mol. The molecule has 5 heteroatoms. The smallest absolute Gasteiger partial charge is 0.257 e. The van der Waals surface area contributed by atoms with Crippen LogP contribution in [0.2, 0.25) is 0 Å². The van der Waals surface area contributed by atoms with Gasteiger partial charge in [-0.3, -0.25) is 9.78 Å². The van der Waals surface area contributed by atoms with Gasteiger partial charge in [-0.25, -0.2) is 4.39 Å². The maximum absolute atomic E-state index is 13.9. The van der Waals surface area contributed by atoms with Gasteiger partial charge in [-0.2, -0.15) is 0 Å². The van der Waals surface area contributed by atoms with Crippen LogP contribution in [0.1, 0.15) is 28.9 Å². The molecule has 2 N–H and O–H groups in total. The van der Waals surface area contributed by atoms with E-state index in [1.807, 2.05) is 18.2 Å². The molecule has 1 heterocycles. The van der Waals surface area contributed by atoms with Crippen molar-refractivity contribution >= 4 is 11.6 Å². The van der Waals surface area contributed by atoms with Crippen LogP contribution < -0.4 is 5.73 Å². The van der Waals surface area contributed by atoms with E-state index in [1.54, 1.807) is 17.2 Å². The van der Waals surface area contributed by atoms with Crippen LogP contribution in [-0.2, 0) is 6.54 Å². The van der Waals surface area contributed by atoms with Gasteiger partial charge in [-0.15, -0.1) is 0 Å². The normalized spacial score (nSPS) is 14.0. The number of pyridine rings is 1. The van der Waals surface area contributed by atoms with Crippen LogP contribution in [0.25, 0.3) is 0 Å². The van der Waals surface area contributed by atoms with Crippen LogP contribution in [0.3, 0.4) is 0 Å². The van der Waals surface area contributed by atoms with Gasteiger partial charge in [0.15, 0.2) is 0 Å². The molecule has 3 rings (SSSR count). The quantitative estimate of drug-likeness (QED) is 0.878. The van der Waals surface area contributed by atoms with Crippen LogP contribution >= 0.6 is 0 Å². The topological polar surface area (TPSA) is 59.2 Å². The predicted octanol–water partition coefficient (Wildman–Crippen LogP) is 2.61. The number of anilines is 1. The Morgan fingerprint density at radius 2 is 2.14 bits per heavy atom. The van der Waals surface area contributed by atoms with Crippen molar-refractivity contribution in [2.45, 2.75) is 25.4 Å². The maximum atomic E-state index is 13.9. The van der Waals surface area contributed by atoms with Crippen molar-refractivity contribution in [3.8, 4) is 0 Å². The van der Waals surface area contributed by atoms with Crippen molar-refractivity contribution in [1.82, 2.24) is 9.88 Å². The summed E-state index contributed by atoms with van der Waals surface area (Å²) in [6.45, 7) is 0.397. The van der Waals surface area contributed by atoms with Crippen molar-refractivity contribution in [1.29, 1.82) is 0 Å². The first-order chi connectivity index (χ1) is 10.1. The summed E-state index contributed by atoms with van der Waals surface area (Å²) in [7, 11) is 0. The second kappa shape index (κ2) is 5.52. The molecule has 1 aliphatic carbocycles. The van der Waals surface area contributed by atoms with Crippen molar-refractivity contribution < 1.29 is 9.18 Å². The molecule has 0 saturated heterocycles. The molecule has 4 nitrogen and oxygen atoms in total. The van der Waals surface area contributed by atoms with Gasteiger partial charge in [-0.05, 0) is 43.2 Å². The number of hydrogen-bond acceptors (Lipinski definition) is 3. The highest BCUT2D eigenvalue weighted by Gasteiger charge is 2.34. The highest BCUT2D eigenvalue weighted by molar-refractivity contribution is 5.95. The lowest BCUT2D eigenvalue weighted by Gasteiger charge is -2.22. The molecule has 1 saturated carbocycles. The highest BCUT2D eigenvalue weighted by Crippen LogP contribution is 2.30. The summed E-state index contributed by atoms with van der Waals surface area (Å²) in [5.74, 6) is -0.882. The molecule has 1 aliphatic rings. The average Bonchev–Trinajstić information content (AvgIpc) is 3.30. The van der Waals surface area contributed by atoms with Crippen LogP contribution in [-0.4, -0.2) is 21.8 Å². The predicted molar refractivity (Wildman–Crippen MR) is 77.9 cm³/mol. The van der Waals surface area contributed by atoms with Gasteiger partial charge in [0.2, 0.25) is 0 Å². The number of nitrogen functional groups attached to an aromatic ring is 1. The molecule has 21 heavy (non-hydrogen) atoms. The molecule has 1 amide bonds. The Bertz CT molecular complexity index is 656. The van der Waals surface area contributed by atoms with Crippen LogP contribution in [0, 0.1) is 5.82 Å². The summed E-state index contributed by atoms with van der Waals surface area (Å²) >= 11 is 0. The van der Waals surface area contributed by atoms with Crippen LogP contribution in [0.5, 0.6) is 0 Å². The number of carbonyl (C=O) groups excluding carboxylic acids is 1. The number of aromatic nitrogens is 1. The number of rotatable bonds is 4. The molecule has 108 valence electrons. The van der Waals surface area contributed by atoms with E-state index in [0.717, 1.165) is 18.5 Å². The maximum Gasteiger partial charge on any atom is 0.257 e. The van der Waals surface area contributed by atoms with Crippen LogP contribution in [0.15, 0.2) is 42.6 Å². The summed E-state index contributed by atoms with van der Waals surface area (Å²) in [5, 5.41) is 0. The number of halogens is 1. The van der Waals surface area contributed by atoms with E-state index < -0.39 is 5.82 Å². The lowest BCUT2D eigenvalue weighted by Crippen LogP contribution is -2.33. The molecular formula is C16H16FN3O. The standard InChI is InChI=1S/C16H16FN3O/c17-15-9-11(18)4-7-14(15)16(21)20(13-5-6-13)10-12-3-1-2-8-19-12/h1-4,7-9,13H,5-6,10,18H2. The first kappa shape index (κ1) is 13.5. The first-order valence-electron chi connectivity index (χ1n) is 6.91.